The Balaban J connectivity index is 1.58. The Kier molecular flexibility index (Phi) is 7.19. The van der Waals surface area contributed by atoms with Crippen LogP contribution in [0.3, 0.4) is 0 Å². The quantitative estimate of drug-likeness (QED) is 0.476. The zero-order chi connectivity index (χ0) is 20.8. The zero-order valence-corrected chi connectivity index (χ0v) is 17.9. The second kappa shape index (κ2) is 9.82. The van der Waals surface area contributed by atoms with Crippen molar-refractivity contribution in [2.75, 3.05) is 6.54 Å². The van der Waals surface area contributed by atoms with E-state index in [4.69, 9.17) is 12.2 Å². The third-order valence-electron chi connectivity index (χ3n) is 5.46. The molecule has 1 amide bonds. The van der Waals surface area contributed by atoms with Gasteiger partial charge in [0.2, 0.25) is 0 Å². The van der Waals surface area contributed by atoms with Crippen LogP contribution in [0.15, 0.2) is 23.0 Å². The smallest absolute Gasteiger partial charge is 0.269 e. The van der Waals surface area contributed by atoms with E-state index < -0.39 is 0 Å². The van der Waals surface area contributed by atoms with Gasteiger partial charge < -0.3 is 5.32 Å². The fraction of sp³-hybridized carbons (Fsp3) is 0.524. The average molecular weight is 416 g/mol. The molecule has 3 rings (SSSR count). The number of hydrazine groups is 1. The number of aryl methyl sites for hydroxylation is 1. The lowest BCUT2D eigenvalue weighted by atomic mass is 9.99. The van der Waals surface area contributed by atoms with Crippen LogP contribution in [0.1, 0.15) is 62.1 Å². The summed E-state index contributed by atoms with van der Waals surface area (Å²) in [6, 6.07) is 4.96. The molecule has 7 nitrogen and oxygen atoms in total. The van der Waals surface area contributed by atoms with Crippen LogP contribution in [-0.2, 0) is 13.0 Å². The van der Waals surface area contributed by atoms with Gasteiger partial charge in [0.25, 0.3) is 11.5 Å². The highest BCUT2D eigenvalue weighted by Gasteiger charge is 2.17. The lowest BCUT2D eigenvalue weighted by Crippen LogP contribution is -2.47. The Hall–Kier alpha value is -2.48. The number of fused-ring (bicyclic) bond motifs is 2. The molecule has 0 bridgehead atoms. The Morgan fingerprint density at radius 3 is 2.90 bits per heavy atom. The number of amides is 1. The van der Waals surface area contributed by atoms with E-state index in [9.17, 15) is 9.59 Å². The van der Waals surface area contributed by atoms with Crippen LogP contribution >= 0.6 is 12.2 Å². The van der Waals surface area contributed by atoms with Crippen molar-refractivity contribution in [3.8, 4) is 0 Å². The van der Waals surface area contributed by atoms with E-state index in [-0.39, 0.29) is 11.5 Å². The minimum absolute atomic E-state index is 0.0356. The molecule has 3 N–H and O–H groups in total. The number of carbonyl (C=O) groups is 1. The van der Waals surface area contributed by atoms with Crippen molar-refractivity contribution in [1.29, 1.82) is 0 Å². The van der Waals surface area contributed by atoms with E-state index in [0.717, 1.165) is 31.6 Å². The molecule has 8 heteroatoms. The van der Waals surface area contributed by atoms with Gasteiger partial charge in [-0.3, -0.25) is 25.0 Å². The Morgan fingerprint density at radius 1 is 1.31 bits per heavy atom. The highest BCUT2D eigenvalue weighted by Crippen LogP contribution is 2.16. The summed E-state index contributed by atoms with van der Waals surface area (Å²) < 4.78 is 1.72. The normalized spacial score (nSPS) is 13.7. The molecule has 29 heavy (non-hydrogen) atoms. The number of hydrogen-bond acceptors (Lipinski definition) is 4. The number of thiocarbonyl (C=S) groups is 1. The molecule has 1 atom stereocenters. The van der Waals surface area contributed by atoms with E-state index in [1.165, 1.54) is 19.3 Å². The Bertz CT molecular complexity index is 956. The largest absolute Gasteiger partial charge is 0.361 e. The molecule has 1 aliphatic heterocycles. The van der Waals surface area contributed by atoms with Crippen LogP contribution in [0.5, 0.6) is 0 Å². The first-order chi connectivity index (χ1) is 14.0. The average Bonchev–Trinajstić information content (AvgIpc) is 3.20. The van der Waals surface area contributed by atoms with Gasteiger partial charge in [-0.2, -0.15) is 0 Å². The van der Waals surface area contributed by atoms with E-state index >= 15 is 0 Å². The number of unbranched alkanes of at least 4 members (excludes halogenated alkanes) is 1. The molecule has 0 spiro atoms. The number of nitrogens with one attached hydrogen (secondary N) is 3. The molecule has 2 heterocycles. The van der Waals surface area contributed by atoms with Crippen LogP contribution in [0, 0.1) is 5.92 Å². The third kappa shape index (κ3) is 5.12. The van der Waals surface area contributed by atoms with Crippen molar-refractivity contribution in [3.05, 3.63) is 39.9 Å². The fourth-order valence-corrected chi connectivity index (χ4v) is 3.77. The Morgan fingerprint density at radius 2 is 2.14 bits per heavy atom. The highest BCUT2D eigenvalue weighted by molar-refractivity contribution is 7.80. The van der Waals surface area contributed by atoms with Crippen LogP contribution in [0.2, 0.25) is 0 Å². The number of nitrogens with zero attached hydrogens (tertiary/aromatic N) is 2. The molecule has 1 aromatic heterocycles. The molecule has 0 fully saturated rings. The predicted molar refractivity (Wildman–Crippen MR) is 119 cm³/mol. The second-order valence-electron chi connectivity index (χ2n) is 7.53. The van der Waals surface area contributed by atoms with Gasteiger partial charge in [-0.25, -0.2) is 4.98 Å². The summed E-state index contributed by atoms with van der Waals surface area (Å²) >= 11 is 5.26. The Labute approximate surface area is 176 Å². The molecule has 0 saturated heterocycles. The number of benzene rings is 1. The molecule has 156 valence electrons. The number of rotatable bonds is 7. The van der Waals surface area contributed by atoms with Crippen molar-refractivity contribution in [3.63, 3.8) is 0 Å². The highest BCUT2D eigenvalue weighted by atomic mass is 32.1. The molecular weight excluding hydrogens is 386 g/mol. The lowest BCUT2D eigenvalue weighted by molar-refractivity contribution is 0.0943. The molecule has 2 aromatic rings. The summed E-state index contributed by atoms with van der Waals surface area (Å²) in [6.07, 6.45) is 6.38. The molecule has 0 unspecified atom stereocenters. The van der Waals surface area contributed by atoms with Crippen molar-refractivity contribution >= 4 is 34.1 Å². The van der Waals surface area contributed by atoms with Crippen LogP contribution in [-0.4, -0.2) is 27.1 Å². The third-order valence-corrected chi connectivity index (χ3v) is 5.71. The van der Waals surface area contributed by atoms with Gasteiger partial charge in [-0.05, 0) is 49.2 Å². The molecule has 0 aliphatic carbocycles. The minimum atomic E-state index is -0.323. The second-order valence-corrected chi connectivity index (χ2v) is 7.93. The van der Waals surface area contributed by atoms with E-state index in [1.54, 1.807) is 22.8 Å². The maximum absolute atomic E-state index is 12.5. The number of hydrogen-bond donors (Lipinski definition) is 3. The zero-order valence-electron chi connectivity index (χ0n) is 17.1. The fourth-order valence-electron chi connectivity index (χ4n) is 3.64. The van der Waals surface area contributed by atoms with Crippen LogP contribution < -0.4 is 21.7 Å². The van der Waals surface area contributed by atoms with Crippen molar-refractivity contribution in [2.45, 2.75) is 58.9 Å². The molecule has 1 aromatic carbocycles. The maximum atomic E-state index is 12.5. The number of carbonyl (C=O) groups excluding carboxylic acids is 1. The predicted octanol–water partition coefficient (Wildman–Crippen LogP) is 2.67. The van der Waals surface area contributed by atoms with Gasteiger partial charge >= 0.3 is 0 Å². The van der Waals surface area contributed by atoms with Crippen LogP contribution in [0.25, 0.3) is 10.9 Å². The van der Waals surface area contributed by atoms with E-state index in [1.807, 2.05) is 0 Å². The monoisotopic (exact) mass is 415 g/mol. The lowest BCUT2D eigenvalue weighted by Gasteiger charge is -2.17. The molecular formula is C21H29N5O2S. The van der Waals surface area contributed by atoms with Crippen molar-refractivity contribution in [1.82, 2.24) is 25.7 Å². The molecule has 0 saturated carbocycles. The van der Waals surface area contributed by atoms with Gasteiger partial charge in [0.1, 0.15) is 5.82 Å². The summed E-state index contributed by atoms with van der Waals surface area (Å²) in [7, 11) is 0. The van der Waals surface area contributed by atoms with Gasteiger partial charge in [0.15, 0.2) is 5.11 Å². The van der Waals surface area contributed by atoms with Gasteiger partial charge in [-0.1, -0.05) is 33.1 Å². The molecule has 0 radical (unpaired) electrons. The summed E-state index contributed by atoms with van der Waals surface area (Å²) in [6.45, 7) is 5.86. The topological polar surface area (TPSA) is 88.0 Å². The number of aromatic nitrogens is 2. The first kappa shape index (κ1) is 21.2. The van der Waals surface area contributed by atoms with E-state index in [0.29, 0.717) is 34.0 Å². The first-order valence-electron chi connectivity index (χ1n) is 10.4. The SMILES string of the molecule is CCCC[C@H](CC)CNC(=S)NNC(=O)c1ccc2c(=O)n3c(nc2c1)CCC3. The summed E-state index contributed by atoms with van der Waals surface area (Å²) in [5.74, 6) is 1.03. The van der Waals surface area contributed by atoms with Gasteiger partial charge in [0, 0.05) is 25.1 Å². The van der Waals surface area contributed by atoms with Crippen molar-refractivity contribution < 1.29 is 4.79 Å². The minimum Gasteiger partial charge on any atom is -0.361 e. The maximum Gasteiger partial charge on any atom is 0.269 e. The molecule has 1 aliphatic rings. The van der Waals surface area contributed by atoms with Crippen LogP contribution in [0.4, 0.5) is 0 Å². The van der Waals surface area contributed by atoms with Gasteiger partial charge in [-0.15, -0.1) is 0 Å². The van der Waals surface area contributed by atoms with Gasteiger partial charge in [0.05, 0.1) is 10.9 Å². The van der Waals surface area contributed by atoms with E-state index in [2.05, 4.69) is 35.0 Å². The summed E-state index contributed by atoms with van der Waals surface area (Å²) in [5, 5.41) is 4.09. The summed E-state index contributed by atoms with van der Waals surface area (Å²) in [5.41, 5.74) is 6.31. The first-order valence-corrected chi connectivity index (χ1v) is 10.8. The standard InChI is InChI=1S/C21H29N5O2S/c1-3-5-7-14(4-2)13-22-21(29)25-24-19(27)15-9-10-16-17(12-15)23-18-8-6-11-26(18)20(16)28/h9-10,12,14H,3-8,11,13H2,1-2H3,(H,24,27)(H2,22,25,29)/t14-/m0/s1. The van der Waals surface area contributed by atoms with Crippen molar-refractivity contribution in [2.24, 2.45) is 5.92 Å². The summed E-state index contributed by atoms with van der Waals surface area (Å²) in [4.78, 5) is 29.6.